The Kier molecular flexibility index (Phi) is 6.81. The molecule has 5 heteroatoms. The molecule has 0 aliphatic carbocycles. The first-order chi connectivity index (χ1) is 10.7. The predicted molar refractivity (Wildman–Crippen MR) is 86.7 cm³/mol. The summed E-state index contributed by atoms with van der Waals surface area (Å²) in [6.07, 6.45) is 9.26. The molecule has 1 aromatic rings. The minimum Gasteiger partial charge on any atom is -0.456 e. The van der Waals surface area contributed by atoms with Crippen LogP contribution in [0.4, 0.5) is 0 Å². The summed E-state index contributed by atoms with van der Waals surface area (Å²) in [6, 6.07) is 8.01. The van der Waals surface area contributed by atoms with Crippen LogP contribution in [0.3, 0.4) is 0 Å². The molecule has 0 saturated heterocycles. The van der Waals surface area contributed by atoms with Crippen LogP contribution in [0.2, 0.25) is 0 Å². The van der Waals surface area contributed by atoms with Gasteiger partial charge in [-0.15, -0.1) is 0 Å². The maximum Gasteiger partial charge on any atom is 0.529 e. The van der Waals surface area contributed by atoms with Crippen molar-refractivity contribution in [1.82, 2.24) is 0 Å². The zero-order valence-corrected chi connectivity index (χ0v) is 13.2. The van der Waals surface area contributed by atoms with Crippen molar-refractivity contribution in [3.63, 3.8) is 0 Å². The topological polar surface area (TPSA) is 58.9 Å². The zero-order chi connectivity index (χ0) is 15.8. The maximum absolute atomic E-state index is 9.11. The largest absolute Gasteiger partial charge is 0.529 e. The number of unbranched alkanes of at least 4 members (excludes halogenated alkanes) is 5. The van der Waals surface area contributed by atoms with E-state index in [9.17, 15) is 0 Å². The number of ether oxygens (including phenoxy) is 2. The first-order valence-corrected chi connectivity index (χ1v) is 8.18. The van der Waals surface area contributed by atoms with E-state index >= 15 is 0 Å². The molecule has 1 aromatic carbocycles. The van der Waals surface area contributed by atoms with Gasteiger partial charge >= 0.3 is 7.12 Å². The lowest BCUT2D eigenvalue weighted by atomic mass is 9.89. The molecule has 1 aliphatic heterocycles. The summed E-state index contributed by atoms with van der Waals surface area (Å²) in [6.45, 7) is 2.23. The van der Waals surface area contributed by atoms with Gasteiger partial charge in [-0.25, -0.2) is 0 Å². The van der Waals surface area contributed by atoms with Crippen LogP contribution >= 0.6 is 0 Å². The van der Waals surface area contributed by atoms with E-state index < -0.39 is 13.4 Å². The van der Waals surface area contributed by atoms with Crippen LogP contribution in [0.5, 0.6) is 0 Å². The molecule has 1 unspecified atom stereocenters. The average molecular weight is 304 g/mol. The van der Waals surface area contributed by atoms with Gasteiger partial charge in [-0.2, -0.15) is 0 Å². The highest BCUT2D eigenvalue weighted by Gasteiger charge is 2.30. The molecule has 0 radical (unpaired) electrons. The molecule has 0 spiro atoms. The molecule has 1 atom stereocenters. The van der Waals surface area contributed by atoms with E-state index in [1.807, 2.05) is 18.2 Å². The molecule has 0 bridgehead atoms. The second kappa shape index (κ2) is 8.86. The Morgan fingerprint density at radius 2 is 1.77 bits per heavy atom. The van der Waals surface area contributed by atoms with Gasteiger partial charge in [0.15, 0.2) is 5.66 Å². The molecule has 0 fully saturated rings. The van der Waals surface area contributed by atoms with Crippen molar-refractivity contribution in [2.45, 2.75) is 58.2 Å². The van der Waals surface area contributed by atoms with Gasteiger partial charge in [0.25, 0.3) is 6.29 Å². The molecule has 2 N–H and O–H groups in total. The number of hydrogen-bond donors (Lipinski definition) is 2. The van der Waals surface area contributed by atoms with Crippen molar-refractivity contribution >= 4 is 7.12 Å². The Labute approximate surface area is 132 Å². The van der Waals surface area contributed by atoms with Crippen molar-refractivity contribution in [3.8, 4) is 0 Å². The Morgan fingerprint density at radius 1 is 1.05 bits per heavy atom. The fourth-order valence-corrected chi connectivity index (χ4v) is 2.65. The minimum atomic E-state index is -1.63. The summed E-state index contributed by atoms with van der Waals surface area (Å²) in [4.78, 5) is 0. The van der Waals surface area contributed by atoms with Gasteiger partial charge in [0.2, 0.25) is 0 Å². The highest BCUT2D eigenvalue weighted by atomic mass is 16.7. The molecule has 4 nitrogen and oxygen atoms in total. The minimum absolute atomic E-state index is 0.0550. The van der Waals surface area contributed by atoms with Gasteiger partial charge in [0.05, 0.1) is 0 Å². The van der Waals surface area contributed by atoms with Crippen LogP contribution in [-0.2, 0) is 15.9 Å². The maximum atomic E-state index is 9.11. The summed E-state index contributed by atoms with van der Waals surface area (Å²) < 4.78 is 10.9. The number of hydrogen-bond acceptors (Lipinski definition) is 4. The van der Waals surface area contributed by atoms with Crippen molar-refractivity contribution in [2.24, 2.45) is 0 Å². The van der Waals surface area contributed by atoms with E-state index in [-0.39, 0.29) is 5.66 Å². The lowest BCUT2D eigenvalue weighted by Crippen LogP contribution is -2.16. The van der Waals surface area contributed by atoms with E-state index in [0.29, 0.717) is 0 Å². The van der Waals surface area contributed by atoms with Crippen LogP contribution < -0.4 is 0 Å². The molecule has 0 amide bonds. The lowest BCUT2D eigenvalue weighted by Gasteiger charge is -2.16. The van der Waals surface area contributed by atoms with E-state index in [4.69, 9.17) is 19.5 Å². The average Bonchev–Trinajstić information content (AvgIpc) is 3.01. The molecular formula is C17H25BO4. The first-order valence-electron chi connectivity index (χ1n) is 8.18. The third-order valence-electron chi connectivity index (χ3n) is 3.91. The first kappa shape index (κ1) is 16.9. The van der Waals surface area contributed by atoms with E-state index in [1.165, 1.54) is 43.9 Å². The van der Waals surface area contributed by atoms with Gasteiger partial charge < -0.3 is 19.5 Å². The second-order valence-corrected chi connectivity index (χ2v) is 5.70. The Balaban J connectivity index is 1.86. The fraction of sp³-hybridized carbons (Fsp3) is 0.529. The van der Waals surface area contributed by atoms with E-state index in [2.05, 4.69) is 13.0 Å². The van der Waals surface area contributed by atoms with Gasteiger partial charge in [-0.05, 0) is 18.4 Å². The van der Waals surface area contributed by atoms with Crippen LogP contribution in [-0.4, -0.2) is 17.2 Å². The standard InChI is InChI=1S/C17H25BO4/c1-2-3-4-5-6-7-10-14-11-8-9-12-15(14)17-21-13-16(22-17)18(19)20/h8-9,11-13,17,19-20H,2-7,10H2,1H3. The van der Waals surface area contributed by atoms with Gasteiger partial charge in [0.1, 0.15) is 6.26 Å². The Bertz CT molecular complexity index is 487. The molecular weight excluding hydrogens is 279 g/mol. The summed E-state index contributed by atoms with van der Waals surface area (Å²) in [5, 5.41) is 18.2. The van der Waals surface area contributed by atoms with Gasteiger partial charge in [0, 0.05) is 5.56 Å². The molecule has 1 aliphatic rings. The van der Waals surface area contributed by atoms with Crippen molar-refractivity contribution in [2.75, 3.05) is 0 Å². The van der Waals surface area contributed by atoms with Crippen LogP contribution in [0.15, 0.2) is 36.2 Å². The summed E-state index contributed by atoms with van der Waals surface area (Å²) >= 11 is 0. The number of benzene rings is 1. The SMILES string of the molecule is CCCCCCCCc1ccccc1C1OC=C(B(O)O)O1. The normalized spacial score (nSPS) is 16.9. The Hall–Kier alpha value is -1.46. The predicted octanol–water partition coefficient (Wildman–Crippen LogP) is 3.49. The Morgan fingerprint density at radius 3 is 2.50 bits per heavy atom. The van der Waals surface area contributed by atoms with Crippen molar-refractivity contribution in [1.29, 1.82) is 0 Å². The number of rotatable bonds is 9. The number of aryl methyl sites for hydroxylation is 1. The van der Waals surface area contributed by atoms with Crippen LogP contribution in [0.25, 0.3) is 0 Å². The summed E-state index contributed by atoms with van der Waals surface area (Å²) in [5.74, 6) is 0. The quantitative estimate of drug-likeness (QED) is 0.541. The van der Waals surface area contributed by atoms with Crippen molar-refractivity contribution in [3.05, 3.63) is 47.3 Å². The molecule has 2 rings (SSSR count). The van der Waals surface area contributed by atoms with E-state index in [0.717, 1.165) is 18.4 Å². The summed E-state index contributed by atoms with van der Waals surface area (Å²) in [7, 11) is -1.63. The van der Waals surface area contributed by atoms with Gasteiger partial charge in [-0.3, -0.25) is 0 Å². The molecule has 22 heavy (non-hydrogen) atoms. The van der Waals surface area contributed by atoms with Gasteiger partial charge in [-0.1, -0.05) is 63.3 Å². The molecule has 120 valence electrons. The smallest absolute Gasteiger partial charge is 0.456 e. The summed E-state index contributed by atoms with van der Waals surface area (Å²) in [5.41, 5.74) is 2.22. The fourth-order valence-electron chi connectivity index (χ4n) is 2.65. The van der Waals surface area contributed by atoms with Crippen LogP contribution in [0.1, 0.15) is 62.9 Å². The zero-order valence-electron chi connectivity index (χ0n) is 13.2. The monoisotopic (exact) mass is 304 g/mol. The second-order valence-electron chi connectivity index (χ2n) is 5.70. The molecule has 0 saturated carbocycles. The van der Waals surface area contributed by atoms with E-state index in [1.54, 1.807) is 0 Å². The van der Waals surface area contributed by atoms with Crippen LogP contribution in [0, 0.1) is 0 Å². The molecule has 0 aromatic heterocycles. The third kappa shape index (κ3) is 4.78. The highest BCUT2D eigenvalue weighted by Crippen LogP contribution is 2.31. The third-order valence-corrected chi connectivity index (χ3v) is 3.91. The highest BCUT2D eigenvalue weighted by molar-refractivity contribution is 6.49. The lowest BCUT2D eigenvalue weighted by molar-refractivity contribution is -0.0313. The molecule has 1 heterocycles. The van der Waals surface area contributed by atoms with Crippen molar-refractivity contribution < 1.29 is 19.5 Å².